The Kier molecular flexibility index (Phi) is 5.93. The van der Waals surface area contributed by atoms with Crippen molar-refractivity contribution in [3.63, 3.8) is 0 Å². The second kappa shape index (κ2) is 8.95. The minimum atomic E-state index is -0.159. The monoisotopic (exact) mass is 402 g/mol. The van der Waals surface area contributed by atoms with Crippen molar-refractivity contribution in [2.24, 2.45) is 0 Å². The Hall–Kier alpha value is -3.41. The first kappa shape index (κ1) is 19.9. The third-order valence-electron chi connectivity index (χ3n) is 5.35. The first-order valence-electron chi connectivity index (χ1n) is 10.4. The van der Waals surface area contributed by atoms with Gasteiger partial charge >= 0.3 is 0 Å². The summed E-state index contributed by atoms with van der Waals surface area (Å²) in [5.74, 6) is -0.280. The largest absolute Gasteiger partial charge is 0.347 e. The number of carbonyl (C=O) groups excluding carboxylic acids is 2. The zero-order chi connectivity index (χ0) is 20.9. The quantitative estimate of drug-likeness (QED) is 0.633. The molecule has 30 heavy (non-hydrogen) atoms. The minimum Gasteiger partial charge on any atom is -0.347 e. The predicted molar refractivity (Wildman–Crippen MR) is 117 cm³/mol. The van der Waals surface area contributed by atoms with Crippen LogP contribution in [-0.2, 0) is 24.2 Å². The van der Waals surface area contributed by atoms with E-state index in [1.165, 1.54) is 13.3 Å². The number of aromatic nitrogens is 2. The molecule has 4 rings (SSSR count). The Morgan fingerprint density at radius 2 is 1.80 bits per heavy atom. The zero-order valence-electron chi connectivity index (χ0n) is 17.1. The fourth-order valence-corrected chi connectivity index (χ4v) is 3.97. The van der Waals surface area contributed by atoms with Gasteiger partial charge in [0, 0.05) is 30.4 Å². The van der Waals surface area contributed by atoms with Crippen molar-refractivity contribution in [1.29, 1.82) is 0 Å². The van der Waals surface area contributed by atoms with E-state index in [2.05, 4.69) is 10.6 Å². The lowest BCUT2D eigenvalue weighted by Crippen LogP contribution is -2.24. The van der Waals surface area contributed by atoms with Gasteiger partial charge in [0.25, 0.3) is 5.91 Å². The average molecular weight is 402 g/mol. The summed E-state index contributed by atoms with van der Waals surface area (Å²) in [6.45, 7) is 1.85. The molecule has 0 radical (unpaired) electrons. The Labute approximate surface area is 176 Å². The van der Waals surface area contributed by atoms with E-state index in [0.29, 0.717) is 12.2 Å². The Bertz CT molecular complexity index is 1060. The van der Waals surface area contributed by atoms with Crippen molar-refractivity contribution in [3.05, 3.63) is 77.1 Å². The van der Waals surface area contributed by atoms with Gasteiger partial charge in [-0.15, -0.1) is 0 Å². The van der Waals surface area contributed by atoms with Crippen LogP contribution in [0.15, 0.2) is 54.6 Å². The van der Waals surface area contributed by atoms with Gasteiger partial charge in [-0.1, -0.05) is 36.8 Å². The molecular weight excluding hydrogens is 376 g/mol. The summed E-state index contributed by atoms with van der Waals surface area (Å²) in [7, 11) is 0. The number of carbonyl (C=O) groups is 2. The van der Waals surface area contributed by atoms with Crippen molar-refractivity contribution in [2.75, 3.05) is 5.32 Å². The van der Waals surface area contributed by atoms with Crippen LogP contribution in [0.1, 0.15) is 53.5 Å². The fraction of sp³-hybridized carbons (Fsp3) is 0.292. The standard InChI is InChI=1S/C24H26N4O2/c1-17(29)26-19-10-8-9-18(15-19)16-25-24(30)23-21-13-6-3-7-14-22(21)28(27-23)20-11-4-2-5-12-20/h2,4-5,8-12,15H,3,6-7,13-14,16H2,1H3,(H,25,30)(H,26,29). The van der Waals surface area contributed by atoms with Crippen LogP contribution in [0.25, 0.3) is 5.69 Å². The summed E-state index contributed by atoms with van der Waals surface area (Å²) in [6, 6.07) is 17.5. The van der Waals surface area contributed by atoms with Crippen LogP contribution in [0.2, 0.25) is 0 Å². The predicted octanol–water partition coefficient (Wildman–Crippen LogP) is 4.03. The maximum absolute atomic E-state index is 13.1. The smallest absolute Gasteiger partial charge is 0.272 e. The van der Waals surface area contributed by atoms with Crippen molar-refractivity contribution >= 4 is 17.5 Å². The molecule has 0 unspecified atom stereocenters. The Morgan fingerprint density at radius 3 is 2.60 bits per heavy atom. The van der Waals surface area contributed by atoms with E-state index < -0.39 is 0 Å². The number of hydrogen-bond donors (Lipinski definition) is 2. The summed E-state index contributed by atoms with van der Waals surface area (Å²) < 4.78 is 1.94. The van der Waals surface area contributed by atoms with E-state index >= 15 is 0 Å². The first-order chi connectivity index (χ1) is 14.6. The van der Waals surface area contributed by atoms with Crippen molar-refractivity contribution in [3.8, 4) is 5.69 Å². The molecule has 0 saturated carbocycles. The van der Waals surface area contributed by atoms with Gasteiger partial charge in [0.15, 0.2) is 5.69 Å². The molecule has 0 atom stereocenters. The van der Waals surface area contributed by atoms with Crippen molar-refractivity contribution < 1.29 is 9.59 Å². The van der Waals surface area contributed by atoms with Gasteiger partial charge in [0.05, 0.1) is 5.69 Å². The molecule has 3 aromatic rings. The molecular formula is C24H26N4O2. The molecule has 0 aliphatic heterocycles. The van der Waals surface area contributed by atoms with Crippen LogP contribution in [0, 0.1) is 0 Å². The molecule has 1 aliphatic carbocycles. The molecule has 1 aromatic heterocycles. The van der Waals surface area contributed by atoms with E-state index in [0.717, 1.165) is 53.9 Å². The molecule has 6 heteroatoms. The molecule has 1 heterocycles. The minimum absolute atomic E-state index is 0.120. The average Bonchev–Trinajstić information content (AvgIpc) is 2.93. The van der Waals surface area contributed by atoms with Gasteiger partial charge < -0.3 is 10.6 Å². The van der Waals surface area contributed by atoms with Gasteiger partial charge in [-0.05, 0) is 55.5 Å². The third-order valence-corrected chi connectivity index (χ3v) is 5.35. The van der Waals surface area contributed by atoms with Gasteiger partial charge in [0.1, 0.15) is 0 Å². The second-order valence-electron chi connectivity index (χ2n) is 7.65. The number of hydrogen-bond acceptors (Lipinski definition) is 3. The van der Waals surface area contributed by atoms with E-state index in [-0.39, 0.29) is 11.8 Å². The number of nitrogens with zero attached hydrogens (tertiary/aromatic N) is 2. The van der Waals surface area contributed by atoms with E-state index in [4.69, 9.17) is 5.10 Å². The van der Waals surface area contributed by atoms with Crippen molar-refractivity contribution in [2.45, 2.75) is 45.6 Å². The van der Waals surface area contributed by atoms with Gasteiger partial charge in [0.2, 0.25) is 5.91 Å². The molecule has 2 aromatic carbocycles. The molecule has 0 bridgehead atoms. The van der Waals surface area contributed by atoms with Gasteiger partial charge in [-0.2, -0.15) is 5.10 Å². The maximum Gasteiger partial charge on any atom is 0.272 e. The fourth-order valence-electron chi connectivity index (χ4n) is 3.97. The molecule has 6 nitrogen and oxygen atoms in total. The SMILES string of the molecule is CC(=O)Nc1cccc(CNC(=O)c2nn(-c3ccccc3)c3c2CCCCC3)c1. The number of benzene rings is 2. The van der Waals surface area contributed by atoms with Crippen molar-refractivity contribution in [1.82, 2.24) is 15.1 Å². The van der Waals surface area contributed by atoms with E-state index in [1.54, 1.807) is 0 Å². The highest BCUT2D eigenvalue weighted by Crippen LogP contribution is 2.26. The Morgan fingerprint density at radius 1 is 1.00 bits per heavy atom. The summed E-state index contributed by atoms with van der Waals surface area (Å²) in [5, 5.41) is 10.5. The Balaban J connectivity index is 1.57. The number of rotatable bonds is 5. The summed E-state index contributed by atoms with van der Waals surface area (Å²) in [5.41, 5.74) is 5.36. The number of para-hydroxylation sites is 1. The van der Waals surface area contributed by atoms with Crippen LogP contribution in [0.4, 0.5) is 5.69 Å². The van der Waals surface area contributed by atoms with E-state index in [1.807, 2.05) is 59.3 Å². The summed E-state index contributed by atoms with van der Waals surface area (Å²) in [4.78, 5) is 24.3. The highest BCUT2D eigenvalue weighted by molar-refractivity contribution is 5.94. The molecule has 0 spiro atoms. The van der Waals surface area contributed by atoms with Crippen LogP contribution < -0.4 is 10.6 Å². The number of fused-ring (bicyclic) bond motifs is 1. The summed E-state index contributed by atoms with van der Waals surface area (Å²) >= 11 is 0. The van der Waals surface area contributed by atoms with Gasteiger partial charge in [-0.3, -0.25) is 9.59 Å². The van der Waals surface area contributed by atoms with Crippen LogP contribution >= 0.6 is 0 Å². The highest BCUT2D eigenvalue weighted by atomic mass is 16.2. The molecule has 2 amide bonds. The molecule has 154 valence electrons. The number of nitrogens with one attached hydrogen (secondary N) is 2. The highest BCUT2D eigenvalue weighted by Gasteiger charge is 2.24. The molecule has 0 fully saturated rings. The van der Waals surface area contributed by atoms with Crippen LogP contribution in [-0.4, -0.2) is 21.6 Å². The third kappa shape index (κ3) is 4.43. The second-order valence-corrected chi connectivity index (χ2v) is 7.65. The lowest BCUT2D eigenvalue weighted by atomic mass is 10.1. The lowest BCUT2D eigenvalue weighted by Gasteiger charge is -2.08. The summed E-state index contributed by atoms with van der Waals surface area (Å²) in [6.07, 6.45) is 5.17. The topological polar surface area (TPSA) is 76.0 Å². The molecule has 1 aliphatic rings. The zero-order valence-corrected chi connectivity index (χ0v) is 17.1. The molecule has 2 N–H and O–H groups in total. The lowest BCUT2D eigenvalue weighted by molar-refractivity contribution is -0.114. The molecule has 0 saturated heterocycles. The van der Waals surface area contributed by atoms with Crippen LogP contribution in [0.3, 0.4) is 0 Å². The number of anilines is 1. The number of amides is 2. The van der Waals surface area contributed by atoms with Gasteiger partial charge in [-0.25, -0.2) is 4.68 Å². The normalized spacial score (nSPS) is 13.2. The first-order valence-corrected chi connectivity index (χ1v) is 10.4. The van der Waals surface area contributed by atoms with Crippen LogP contribution in [0.5, 0.6) is 0 Å². The maximum atomic E-state index is 13.1. The van der Waals surface area contributed by atoms with E-state index in [9.17, 15) is 9.59 Å².